The third-order valence-corrected chi connectivity index (χ3v) is 3.46. The summed E-state index contributed by atoms with van der Waals surface area (Å²) in [6, 6.07) is 10.2. The average Bonchev–Trinajstić information content (AvgIpc) is 2.40. The van der Waals surface area contributed by atoms with Crippen molar-refractivity contribution in [3.63, 3.8) is 0 Å². The van der Waals surface area contributed by atoms with Crippen LogP contribution in [0.25, 0.3) is 0 Å². The molecule has 0 aliphatic carbocycles. The Bertz CT molecular complexity index is 323. The Labute approximate surface area is 104 Å². The lowest BCUT2D eigenvalue weighted by molar-refractivity contribution is -0.243. The van der Waals surface area contributed by atoms with Crippen LogP contribution in [0.4, 0.5) is 0 Å². The van der Waals surface area contributed by atoms with E-state index in [0.717, 1.165) is 25.0 Å². The molecular formula is C15H22O2. The van der Waals surface area contributed by atoms with Crippen LogP contribution in [0.1, 0.15) is 45.0 Å². The molecule has 2 rings (SSSR count). The van der Waals surface area contributed by atoms with Crippen LogP contribution in [0.2, 0.25) is 0 Å². The molecule has 94 valence electrons. The Morgan fingerprint density at radius 1 is 1.18 bits per heavy atom. The Morgan fingerprint density at radius 2 is 1.94 bits per heavy atom. The van der Waals surface area contributed by atoms with Crippen molar-refractivity contribution in [3.05, 3.63) is 35.9 Å². The molecule has 1 aromatic rings. The summed E-state index contributed by atoms with van der Waals surface area (Å²) in [4.78, 5) is 0. The molecule has 1 aliphatic rings. The predicted octanol–water partition coefficient (Wildman–Crippen LogP) is 3.93. The van der Waals surface area contributed by atoms with Crippen LogP contribution in [0.15, 0.2) is 30.3 Å². The van der Waals surface area contributed by atoms with E-state index in [9.17, 15) is 0 Å². The van der Waals surface area contributed by atoms with Crippen LogP contribution in [-0.2, 0) is 9.47 Å². The molecule has 0 saturated carbocycles. The average molecular weight is 234 g/mol. The highest BCUT2D eigenvalue weighted by Crippen LogP contribution is 2.32. The molecular weight excluding hydrogens is 212 g/mol. The van der Waals surface area contributed by atoms with Gasteiger partial charge >= 0.3 is 0 Å². The van der Waals surface area contributed by atoms with Gasteiger partial charge in [0.2, 0.25) is 0 Å². The summed E-state index contributed by atoms with van der Waals surface area (Å²) in [5, 5.41) is 0. The van der Waals surface area contributed by atoms with E-state index < -0.39 is 0 Å². The molecule has 1 aliphatic heterocycles. The first-order chi connectivity index (χ1) is 8.35. The Kier molecular flexibility index (Phi) is 4.57. The van der Waals surface area contributed by atoms with Gasteiger partial charge < -0.3 is 9.47 Å². The molecule has 0 N–H and O–H groups in total. The zero-order valence-electron chi connectivity index (χ0n) is 10.8. The van der Waals surface area contributed by atoms with Gasteiger partial charge in [-0.25, -0.2) is 0 Å². The lowest BCUT2D eigenvalue weighted by atomic mass is 9.95. The van der Waals surface area contributed by atoms with Crippen LogP contribution < -0.4 is 0 Å². The van der Waals surface area contributed by atoms with E-state index in [1.807, 2.05) is 18.2 Å². The molecule has 0 unspecified atom stereocenters. The van der Waals surface area contributed by atoms with Gasteiger partial charge in [-0.05, 0) is 12.8 Å². The molecule has 1 aromatic carbocycles. The number of ether oxygens (including phenoxy) is 2. The Balaban J connectivity index is 2.03. The highest BCUT2D eigenvalue weighted by Gasteiger charge is 2.30. The van der Waals surface area contributed by atoms with Gasteiger partial charge in [0.25, 0.3) is 0 Å². The minimum atomic E-state index is -0.171. The summed E-state index contributed by atoms with van der Waals surface area (Å²) in [5.41, 5.74) is 1.13. The molecule has 0 spiro atoms. The highest BCUT2D eigenvalue weighted by atomic mass is 16.7. The normalized spacial score (nSPS) is 29.2. The van der Waals surface area contributed by atoms with Crippen LogP contribution in [0, 0.1) is 5.92 Å². The fourth-order valence-corrected chi connectivity index (χ4v) is 2.38. The van der Waals surface area contributed by atoms with Crippen LogP contribution in [0.3, 0.4) is 0 Å². The minimum Gasteiger partial charge on any atom is -0.348 e. The van der Waals surface area contributed by atoms with Crippen molar-refractivity contribution in [3.8, 4) is 0 Å². The maximum absolute atomic E-state index is 6.09. The van der Waals surface area contributed by atoms with Gasteiger partial charge in [0.05, 0.1) is 12.7 Å². The Hall–Kier alpha value is -0.860. The summed E-state index contributed by atoms with van der Waals surface area (Å²) in [6.45, 7) is 5.24. The van der Waals surface area contributed by atoms with Gasteiger partial charge in [0.15, 0.2) is 6.29 Å². The van der Waals surface area contributed by atoms with E-state index >= 15 is 0 Å². The van der Waals surface area contributed by atoms with Gasteiger partial charge in [-0.3, -0.25) is 0 Å². The molecule has 2 nitrogen and oxygen atoms in total. The second-order valence-corrected chi connectivity index (χ2v) is 4.71. The third kappa shape index (κ3) is 3.08. The van der Waals surface area contributed by atoms with Gasteiger partial charge in [-0.2, -0.15) is 0 Å². The summed E-state index contributed by atoms with van der Waals surface area (Å²) in [7, 11) is 0. The third-order valence-electron chi connectivity index (χ3n) is 3.46. The zero-order chi connectivity index (χ0) is 12.1. The molecule has 3 atom stereocenters. The van der Waals surface area contributed by atoms with Crippen LogP contribution in [-0.4, -0.2) is 12.7 Å². The maximum atomic E-state index is 6.09. The van der Waals surface area contributed by atoms with Crippen LogP contribution in [0.5, 0.6) is 0 Å². The van der Waals surface area contributed by atoms with Crippen molar-refractivity contribution >= 4 is 0 Å². The lowest BCUT2D eigenvalue weighted by Crippen LogP contribution is -2.35. The van der Waals surface area contributed by atoms with Crippen molar-refractivity contribution < 1.29 is 9.47 Å². The molecule has 1 heterocycles. The first-order valence-corrected chi connectivity index (χ1v) is 6.67. The van der Waals surface area contributed by atoms with E-state index in [-0.39, 0.29) is 6.29 Å². The SMILES string of the molecule is CCC[C@H]1O[C@@H](c2ccccc2)OC[C@H]1CC. The van der Waals surface area contributed by atoms with E-state index in [2.05, 4.69) is 26.0 Å². The topological polar surface area (TPSA) is 18.5 Å². The van der Waals surface area contributed by atoms with E-state index in [4.69, 9.17) is 9.47 Å². The number of rotatable bonds is 4. The second-order valence-electron chi connectivity index (χ2n) is 4.71. The van der Waals surface area contributed by atoms with Crippen molar-refractivity contribution in [1.29, 1.82) is 0 Å². The number of hydrogen-bond donors (Lipinski definition) is 0. The van der Waals surface area contributed by atoms with E-state index in [1.165, 1.54) is 6.42 Å². The zero-order valence-corrected chi connectivity index (χ0v) is 10.8. The first kappa shape index (κ1) is 12.6. The van der Waals surface area contributed by atoms with E-state index in [1.54, 1.807) is 0 Å². The largest absolute Gasteiger partial charge is 0.348 e. The standard InChI is InChI=1S/C15H22O2/c1-3-8-14-12(4-2)11-16-15(17-14)13-9-6-5-7-10-13/h5-7,9-10,12,14-15H,3-4,8,11H2,1-2H3/t12-,14-,15+/m1/s1. The van der Waals surface area contributed by atoms with Gasteiger partial charge in [-0.15, -0.1) is 0 Å². The fourth-order valence-electron chi connectivity index (χ4n) is 2.38. The molecule has 2 heteroatoms. The van der Waals surface area contributed by atoms with Gasteiger partial charge in [0, 0.05) is 11.5 Å². The van der Waals surface area contributed by atoms with E-state index in [0.29, 0.717) is 12.0 Å². The summed E-state index contributed by atoms with van der Waals surface area (Å²) in [5.74, 6) is 0.551. The van der Waals surface area contributed by atoms with Gasteiger partial charge in [-0.1, -0.05) is 50.6 Å². The smallest absolute Gasteiger partial charge is 0.184 e. The molecule has 0 amide bonds. The molecule has 1 saturated heterocycles. The summed E-state index contributed by atoms with van der Waals surface area (Å²) < 4.78 is 11.9. The lowest BCUT2D eigenvalue weighted by Gasteiger charge is -2.36. The number of benzene rings is 1. The molecule has 17 heavy (non-hydrogen) atoms. The van der Waals surface area contributed by atoms with Crippen molar-refractivity contribution in [2.75, 3.05) is 6.61 Å². The molecule has 1 fully saturated rings. The fraction of sp³-hybridized carbons (Fsp3) is 0.600. The maximum Gasteiger partial charge on any atom is 0.184 e. The monoisotopic (exact) mass is 234 g/mol. The molecule has 0 bridgehead atoms. The predicted molar refractivity (Wildman–Crippen MR) is 68.7 cm³/mol. The second kappa shape index (κ2) is 6.18. The number of hydrogen-bond acceptors (Lipinski definition) is 2. The minimum absolute atomic E-state index is 0.171. The molecule has 0 radical (unpaired) electrons. The summed E-state index contributed by atoms with van der Waals surface area (Å²) in [6.07, 6.45) is 3.61. The highest BCUT2D eigenvalue weighted by molar-refractivity contribution is 5.16. The van der Waals surface area contributed by atoms with Crippen molar-refractivity contribution in [2.24, 2.45) is 5.92 Å². The Morgan fingerprint density at radius 3 is 2.59 bits per heavy atom. The van der Waals surface area contributed by atoms with Crippen LogP contribution >= 0.6 is 0 Å². The van der Waals surface area contributed by atoms with Gasteiger partial charge in [0.1, 0.15) is 0 Å². The van der Waals surface area contributed by atoms with Crippen molar-refractivity contribution in [1.82, 2.24) is 0 Å². The van der Waals surface area contributed by atoms with Crippen molar-refractivity contribution in [2.45, 2.75) is 45.5 Å². The quantitative estimate of drug-likeness (QED) is 0.786. The summed E-state index contributed by atoms with van der Waals surface area (Å²) >= 11 is 0. The molecule has 0 aromatic heterocycles. The first-order valence-electron chi connectivity index (χ1n) is 6.67.